The lowest BCUT2D eigenvalue weighted by atomic mass is 10.0. The van der Waals surface area contributed by atoms with E-state index in [4.69, 9.17) is 6.42 Å². The number of benzene rings is 1. The van der Waals surface area contributed by atoms with Crippen molar-refractivity contribution in [3.8, 4) is 12.3 Å². The molecule has 0 atom stereocenters. The zero-order valence-corrected chi connectivity index (χ0v) is 7.04. The maximum Gasteiger partial charge on any atom is 0.122 e. The summed E-state index contributed by atoms with van der Waals surface area (Å²) in [6.45, 7) is 0.661. The first-order valence-corrected chi connectivity index (χ1v) is 4.05. The fourth-order valence-electron chi connectivity index (χ4n) is 1.37. The number of hydrogen-bond acceptors (Lipinski definition) is 2. The van der Waals surface area contributed by atoms with Crippen molar-refractivity contribution < 1.29 is 5.11 Å². The Morgan fingerprint density at radius 1 is 1.46 bits per heavy atom. The Bertz CT molecular complexity index is 413. The Kier molecular flexibility index (Phi) is 1.71. The predicted molar refractivity (Wildman–Crippen MR) is 53.5 cm³/mol. The number of aliphatic hydroxyl groups is 1. The highest BCUT2D eigenvalue weighted by atomic mass is 16.3. The molecule has 0 unspecified atom stereocenters. The standard InChI is InChI=1S/C11H9NO/c1-2-8-3-4-10-9(7-8)11(13)5-6-12-10/h1,3-5,7,12-13H,6H2. The van der Waals surface area contributed by atoms with E-state index in [-0.39, 0.29) is 0 Å². The van der Waals surface area contributed by atoms with Crippen LogP contribution < -0.4 is 5.32 Å². The third-order valence-electron chi connectivity index (χ3n) is 2.05. The molecule has 1 heterocycles. The van der Waals surface area contributed by atoms with E-state index in [1.807, 2.05) is 12.1 Å². The van der Waals surface area contributed by atoms with E-state index in [1.54, 1.807) is 12.1 Å². The van der Waals surface area contributed by atoms with Crippen LogP contribution in [0, 0.1) is 12.3 Å². The van der Waals surface area contributed by atoms with Gasteiger partial charge in [-0.05, 0) is 24.3 Å². The number of nitrogens with one attached hydrogen (secondary N) is 1. The van der Waals surface area contributed by atoms with E-state index < -0.39 is 0 Å². The van der Waals surface area contributed by atoms with Crippen molar-refractivity contribution in [2.45, 2.75) is 0 Å². The number of hydrogen-bond donors (Lipinski definition) is 2. The molecular formula is C11H9NO. The molecule has 1 aliphatic rings. The van der Waals surface area contributed by atoms with Crippen molar-refractivity contribution >= 4 is 11.4 Å². The van der Waals surface area contributed by atoms with Gasteiger partial charge in [0.2, 0.25) is 0 Å². The van der Waals surface area contributed by atoms with Gasteiger partial charge in [0.1, 0.15) is 5.76 Å². The maximum absolute atomic E-state index is 9.53. The molecule has 0 fully saturated rings. The van der Waals surface area contributed by atoms with Gasteiger partial charge >= 0.3 is 0 Å². The van der Waals surface area contributed by atoms with Crippen LogP contribution in [0.2, 0.25) is 0 Å². The van der Waals surface area contributed by atoms with Crippen LogP contribution in [-0.4, -0.2) is 11.7 Å². The molecule has 1 aliphatic heterocycles. The van der Waals surface area contributed by atoms with Crippen LogP contribution in [0.1, 0.15) is 11.1 Å². The molecule has 13 heavy (non-hydrogen) atoms. The van der Waals surface area contributed by atoms with Crippen molar-refractivity contribution in [3.63, 3.8) is 0 Å². The maximum atomic E-state index is 9.53. The molecular weight excluding hydrogens is 162 g/mol. The van der Waals surface area contributed by atoms with Gasteiger partial charge in [-0.2, -0.15) is 0 Å². The average molecular weight is 171 g/mol. The molecule has 1 aromatic rings. The summed E-state index contributed by atoms with van der Waals surface area (Å²) in [5.74, 6) is 2.83. The molecule has 0 spiro atoms. The number of terminal acetylenes is 1. The third kappa shape index (κ3) is 1.25. The lowest BCUT2D eigenvalue weighted by Gasteiger charge is -2.15. The van der Waals surface area contributed by atoms with Gasteiger partial charge in [0.05, 0.1) is 0 Å². The summed E-state index contributed by atoms with van der Waals surface area (Å²) in [6.07, 6.45) is 6.98. The molecule has 64 valence electrons. The third-order valence-corrected chi connectivity index (χ3v) is 2.05. The molecule has 0 saturated carbocycles. The molecule has 2 N–H and O–H groups in total. The van der Waals surface area contributed by atoms with Gasteiger partial charge in [-0.1, -0.05) is 5.92 Å². The van der Waals surface area contributed by atoms with Gasteiger partial charge in [-0.3, -0.25) is 0 Å². The van der Waals surface area contributed by atoms with Gasteiger partial charge in [0, 0.05) is 23.4 Å². The lowest BCUT2D eigenvalue weighted by Crippen LogP contribution is -2.07. The minimum Gasteiger partial charge on any atom is -0.508 e. The van der Waals surface area contributed by atoms with E-state index in [9.17, 15) is 5.11 Å². The SMILES string of the molecule is C#Cc1ccc2c(c1)C(O)=CCN2. The largest absolute Gasteiger partial charge is 0.508 e. The number of aliphatic hydroxyl groups excluding tert-OH is 1. The van der Waals surface area contributed by atoms with Crippen molar-refractivity contribution in [3.05, 3.63) is 35.4 Å². The van der Waals surface area contributed by atoms with E-state index in [0.29, 0.717) is 12.3 Å². The van der Waals surface area contributed by atoms with Crippen molar-refractivity contribution in [1.82, 2.24) is 0 Å². The van der Waals surface area contributed by atoms with Crippen LogP contribution in [0.3, 0.4) is 0 Å². The predicted octanol–water partition coefficient (Wildman–Crippen LogP) is 1.99. The summed E-state index contributed by atoms with van der Waals surface area (Å²) >= 11 is 0. The molecule has 0 aliphatic carbocycles. The first-order valence-electron chi connectivity index (χ1n) is 4.05. The quantitative estimate of drug-likeness (QED) is 0.585. The minimum absolute atomic E-state index is 0.297. The van der Waals surface area contributed by atoms with Gasteiger partial charge in [-0.15, -0.1) is 6.42 Å². The second-order valence-corrected chi connectivity index (χ2v) is 2.87. The summed E-state index contributed by atoms with van der Waals surface area (Å²) in [4.78, 5) is 0. The number of fused-ring (bicyclic) bond motifs is 1. The molecule has 2 heteroatoms. The van der Waals surface area contributed by atoms with E-state index in [1.165, 1.54) is 0 Å². The second kappa shape index (κ2) is 2.87. The summed E-state index contributed by atoms with van der Waals surface area (Å²) < 4.78 is 0. The Labute approximate surface area is 76.9 Å². The van der Waals surface area contributed by atoms with Crippen LogP contribution in [0.5, 0.6) is 0 Å². The summed E-state index contributed by atoms with van der Waals surface area (Å²) in [5.41, 5.74) is 2.49. The van der Waals surface area contributed by atoms with Gasteiger partial charge in [0.25, 0.3) is 0 Å². The summed E-state index contributed by atoms with van der Waals surface area (Å²) in [6, 6.07) is 5.53. The average Bonchev–Trinajstić information content (AvgIpc) is 2.18. The number of anilines is 1. The highest BCUT2D eigenvalue weighted by molar-refractivity contribution is 5.76. The molecule has 2 nitrogen and oxygen atoms in total. The van der Waals surface area contributed by atoms with Crippen molar-refractivity contribution in [2.75, 3.05) is 11.9 Å². The Morgan fingerprint density at radius 3 is 3.08 bits per heavy atom. The fourth-order valence-corrected chi connectivity index (χ4v) is 1.37. The fraction of sp³-hybridized carbons (Fsp3) is 0.0909. The Hall–Kier alpha value is -1.88. The number of rotatable bonds is 0. The summed E-state index contributed by atoms with van der Waals surface area (Å²) in [7, 11) is 0. The molecule has 0 aromatic heterocycles. The molecule has 2 rings (SSSR count). The van der Waals surface area contributed by atoms with E-state index >= 15 is 0 Å². The highest BCUT2D eigenvalue weighted by Crippen LogP contribution is 2.26. The molecule has 0 saturated heterocycles. The van der Waals surface area contributed by atoms with Crippen LogP contribution in [0.25, 0.3) is 5.76 Å². The monoisotopic (exact) mass is 171 g/mol. The summed E-state index contributed by atoms with van der Waals surface area (Å²) in [5, 5.41) is 12.7. The first-order chi connectivity index (χ1) is 6.31. The van der Waals surface area contributed by atoms with E-state index in [0.717, 1.165) is 16.8 Å². The molecule has 0 amide bonds. The second-order valence-electron chi connectivity index (χ2n) is 2.87. The van der Waals surface area contributed by atoms with Gasteiger partial charge in [0.15, 0.2) is 0 Å². The Morgan fingerprint density at radius 2 is 2.31 bits per heavy atom. The van der Waals surface area contributed by atoms with Crippen molar-refractivity contribution in [2.24, 2.45) is 0 Å². The van der Waals surface area contributed by atoms with Crippen LogP contribution in [-0.2, 0) is 0 Å². The van der Waals surface area contributed by atoms with Gasteiger partial charge in [-0.25, -0.2) is 0 Å². The smallest absolute Gasteiger partial charge is 0.122 e. The highest BCUT2D eigenvalue weighted by Gasteiger charge is 2.10. The van der Waals surface area contributed by atoms with E-state index in [2.05, 4.69) is 11.2 Å². The first kappa shape index (κ1) is 7.75. The van der Waals surface area contributed by atoms with Gasteiger partial charge < -0.3 is 10.4 Å². The topological polar surface area (TPSA) is 32.3 Å². The van der Waals surface area contributed by atoms with Crippen LogP contribution >= 0.6 is 0 Å². The van der Waals surface area contributed by atoms with Crippen LogP contribution in [0.4, 0.5) is 5.69 Å². The Balaban J connectivity index is 2.58. The lowest BCUT2D eigenvalue weighted by molar-refractivity contribution is 0.509. The molecule has 0 radical (unpaired) electrons. The normalized spacial score (nSPS) is 13.6. The molecule has 0 bridgehead atoms. The minimum atomic E-state index is 0.297. The van der Waals surface area contributed by atoms with Crippen molar-refractivity contribution in [1.29, 1.82) is 0 Å². The molecule has 1 aromatic carbocycles. The zero-order chi connectivity index (χ0) is 9.26. The zero-order valence-electron chi connectivity index (χ0n) is 7.04. The van der Waals surface area contributed by atoms with Crippen LogP contribution in [0.15, 0.2) is 24.3 Å².